The van der Waals surface area contributed by atoms with Crippen molar-refractivity contribution in [3.63, 3.8) is 0 Å². The molecule has 1 aliphatic heterocycles. The highest BCUT2D eigenvalue weighted by Crippen LogP contribution is 2.31. The van der Waals surface area contributed by atoms with E-state index in [1.165, 1.54) is 23.9 Å². The lowest BCUT2D eigenvalue weighted by molar-refractivity contribution is 0.0696. The largest absolute Gasteiger partial charge is 0.356 e. The van der Waals surface area contributed by atoms with E-state index in [9.17, 15) is 4.79 Å². The third kappa shape index (κ3) is 6.28. The number of carbonyl (C=O) groups is 1. The number of imidazole rings is 1. The molecule has 0 unspecified atom stereocenters. The zero-order valence-corrected chi connectivity index (χ0v) is 22.4. The number of amides is 1. The monoisotopic (exact) mass is 489 g/mol. The Bertz CT molecular complexity index is 1090. The summed E-state index contributed by atoms with van der Waals surface area (Å²) in [5, 5.41) is 3.63. The average molecular weight is 490 g/mol. The second kappa shape index (κ2) is 12.9. The fourth-order valence-electron chi connectivity index (χ4n) is 5.29. The van der Waals surface area contributed by atoms with Crippen molar-refractivity contribution >= 4 is 22.9 Å². The summed E-state index contributed by atoms with van der Waals surface area (Å²) in [6.07, 6.45) is 6.44. The second-order valence-electron chi connectivity index (χ2n) is 9.93. The zero-order chi connectivity index (χ0) is 25.3. The van der Waals surface area contributed by atoms with Gasteiger partial charge in [-0.05, 0) is 81.6 Å². The molecule has 1 N–H and O–H groups in total. The molecule has 0 spiro atoms. The molecule has 1 aromatic heterocycles. The van der Waals surface area contributed by atoms with Crippen molar-refractivity contribution < 1.29 is 4.79 Å². The molecule has 1 aliphatic rings. The minimum Gasteiger partial charge on any atom is -0.356 e. The summed E-state index contributed by atoms with van der Waals surface area (Å²) in [6, 6.07) is 17.0. The normalized spacial score (nSPS) is 14.6. The predicted octanol–water partition coefficient (Wildman–Crippen LogP) is 6.00. The quantitative estimate of drug-likeness (QED) is 0.317. The highest BCUT2D eigenvalue weighted by atomic mass is 16.2. The Hall–Kier alpha value is -2.86. The molecule has 4 rings (SSSR count). The molecule has 1 amide bonds. The molecule has 6 nitrogen and oxygen atoms in total. The van der Waals surface area contributed by atoms with Gasteiger partial charge in [0.05, 0.1) is 11.0 Å². The van der Waals surface area contributed by atoms with Crippen molar-refractivity contribution in [1.29, 1.82) is 0 Å². The summed E-state index contributed by atoms with van der Waals surface area (Å²) in [6.45, 7) is 12.4. The first kappa shape index (κ1) is 26.2. The molecule has 2 aromatic carbocycles. The van der Waals surface area contributed by atoms with Gasteiger partial charge in [-0.1, -0.05) is 51.5 Å². The first-order valence-corrected chi connectivity index (χ1v) is 14.0. The van der Waals surface area contributed by atoms with E-state index >= 15 is 0 Å². The van der Waals surface area contributed by atoms with E-state index in [1.54, 1.807) is 0 Å². The van der Waals surface area contributed by atoms with Gasteiger partial charge < -0.3 is 19.7 Å². The lowest BCUT2D eigenvalue weighted by Gasteiger charge is -2.33. The fourth-order valence-corrected chi connectivity index (χ4v) is 5.29. The number of likely N-dealkylation sites (tertiary alicyclic amines) is 1. The number of para-hydroxylation sites is 2. The smallest absolute Gasteiger partial charge is 0.253 e. The number of hydrogen-bond donors (Lipinski definition) is 1. The van der Waals surface area contributed by atoms with Crippen LogP contribution in [0.3, 0.4) is 0 Å². The number of carbonyl (C=O) groups excluding carboxylic acids is 1. The average Bonchev–Trinajstić information content (AvgIpc) is 3.30. The third-order valence-corrected chi connectivity index (χ3v) is 7.56. The molecule has 0 bridgehead atoms. The van der Waals surface area contributed by atoms with Crippen LogP contribution in [0.1, 0.15) is 74.8 Å². The number of rotatable bonds is 12. The van der Waals surface area contributed by atoms with Gasteiger partial charge in [0.25, 0.3) is 5.91 Å². The van der Waals surface area contributed by atoms with Crippen molar-refractivity contribution in [2.24, 2.45) is 0 Å². The molecule has 2 heterocycles. The molecular formula is C30H43N5O. The van der Waals surface area contributed by atoms with Crippen molar-refractivity contribution in [1.82, 2.24) is 19.4 Å². The molecular weight excluding hydrogens is 446 g/mol. The van der Waals surface area contributed by atoms with Gasteiger partial charge in [0, 0.05) is 31.2 Å². The Morgan fingerprint density at radius 1 is 1.00 bits per heavy atom. The maximum absolute atomic E-state index is 13.2. The molecule has 194 valence electrons. The van der Waals surface area contributed by atoms with Gasteiger partial charge in [-0.25, -0.2) is 4.98 Å². The summed E-state index contributed by atoms with van der Waals surface area (Å²) in [5.41, 5.74) is 4.33. The fraction of sp³-hybridized carbons (Fsp3) is 0.533. The summed E-state index contributed by atoms with van der Waals surface area (Å²) < 4.78 is 2.39. The number of fused-ring (bicyclic) bond motifs is 1. The van der Waals surface area contributed by atoms with E-state index < -0.39 is 0 Å². The van der Waals surface area contributed by atoms with Crippen LogP contribution in [0.2, 0.25) is 0 Å². The predicted molar refractivity (Wildman–Crippen MR) is 150 cm³/mol. The molecule has 36 heavy (non-hydrogen) atoms. The molecule has 0 radical (unpaired) electrons. The number of piperidine rings is 1. The minimum atomic E-state index is 0.153. The van der Waals surface area contributed by atoms with Gasteiger partial charge in [0.2, 0.25) is 5.95 Å². The first-order chi connectivity index (χ1) is 17.6. The van der Waals surface area contributed by atoms with E-state index in [1.807, 2.05) is 17.0 Å². The number of hydrogen-bond acceptors (Lipinski definition) is 4. The molecule has 0 aliphatic carbocycles. The van der Waals surface area contributed by atoms with Crippen molar-refractivity contribution in [2.45, 2.75) is 65.3 Å². The second-order valence-corrected chi connectivity index (χ2v) is 9.93. The maximum atomic E-state index is 13.2. The molecule has 1 saturated heterocycles. The van der Waals surface area contributed by atoms with Crippen LogP contribution in [0.15, 0.2) is 48.5 Å². The van der Waals surface area contributed by atoms with Crippen LogP contribution >= 0.6 is 0 Å². The Kier molecular flexibility index (Phi) is 9.40. The van der Waals surface area contributed by atoms with Crippen LogP contribution in [0.5, 0.6) is 0 Å². The van der Waals surface area contributed by atoms with Gasteiger partial charge in [-0.3, -0.25) is 4.79 Å². The van der Waals surface area contributed by atoms with E-state index in [0.29, 0.717) is 6.04 Å². The van der Waals surface area contributed by atoms with E-state index in [-0.39, 0.29) is 5.91 Å². The van der Waals surface area contributed by atoms with E-state index in [2.05, 4.69) is 72.0 Å². The van der Waals surface area contributed by atoms with Crippen LogP contribution in [0, 0.1) is 0 Å². The number of benzene rings is 2. The van der Waals surface area contributed by atoms with Crippen LogP contribution in [0.25, 0.3) is 11.0 Å². The van der Waals surface area contributed by atoms with Crippen LogP contribution in [0.4, 0.5) is 5.95 Å². The Morgan fingerprint density at radius 2 is 1.72 bits per heavy atom. The Morgan fingerprint density at radius 3 is 2.42 bits per heavy atom. The Labute approximate surface area is 216 Å². The number of aryl methyl sites for hydroxylation is 1. The summed E-state index contributed by atoms with van der Waals surface area (Å²) in [7, 11) is 0. The van der Waals surface area contributed by atoms with Crippen molar-refractivity contribution in [3.05, 3.63) is 59.7 Å². The molecule has 0 atom stereocenters. The Balaban J connectivity index is 1.39. The molecule has 1 fully saturated rings. The van der Waals surface area contributed by atoms with Crippen molar-refractivity contribution in [3.8, 4) is 0 Å². The third-order valence-electron chi connectivity index (χ3n) is 7.56. The van der Waals surface area contributed by atoms with Crippen molar-refractivity contribution in [2.75, 3.05) is 44.6 Å². The topological polar surface area (TPSA) is 53.4 Å². The van der Waals surface area contributed by atoms with Gasteiger partial charge in [-0.15, -0.1) is 0 Å². The van der Waals surface area contributed by atoms with Crippen LogP contribution in [-0.4, -0.2) is 64.5 Å². The minimum absolute atomic E-state index is 0.153. The standard InChI is InChI=1S/C30H43N5O/c1-4-7-11-24-14-16-25(17-15-24)29(36)34-22-18-26(19-23-34)35-28-13-9-8-12-27(28)32-30(35)31-20-10-21-33(5-2)6-3/h8-9,12-17,26H,4-7,10-11,18-23H2,1-3H3,(H,31,32). The lowest BCUT2D eigenvalue weighted by Crippen LogP contribution is -2.39. The van der Waals surface area contributed by atoms with Gasteiger partial charge in [-0.2, -0.15) is 0 Å². The first-order valence-electron chi connectivity index (χ1n) is 14.0. The van der Waals surface area contributed by atoms with Gasteiger partial charge >= 0.3 is 0 Å². The SMILES string of the molecule is CCCCc1ccc(C(=O)N2CCC(n3c(NCCCN(CC)CC)nc4ccccc43)CC2)cc1. The van der Waals surface area contributed by atoms with E-state index in [0.717, 1.165) is 82.0 Å². The van der Waals surface area contributed by atoms with Gasteiger partial charge in [0.15, 0.2) is 0 Å². The molecule has 3 aromatic rings. The highest BCUT2D eigenvalue weighted by Gasteiger charge is 2.27. The lowest BCUT2D eigenvalue weighted by atomic mass is 10.0. The summed E-state index contributed by atoms with van der Waals surface area (Å²) in [4.78, 5) is 22.6. The molecule has 0 saturated carbocycles. The maximum Gasteiger partial charge on any atom is 0.253 e. The number of anilines is 1. The summed E-state index contributed by atoms with van der Waals surface area (Å²) in [5.74, 6) is 1.11. The summed E-state index contributed by atoms with van der Waals surface area (Å²) >= 11 is 0. The number of nitrogens with one attached hydrogen (secondary N) is 1. The number of unbranched alkanes of at least 4 members (excludes halogenated alkanes) is 1. The number of aromatic nitrogens is 2. The highest BCUT2D eigenvalue weighted by molar-refractivity contribution is 5.94. The van der Waals surface area contributed by atoms with Crippen LogP contribution < -0.4 is 5.32 Å². The molecule has 6 heteroatoms. The van der Waals surface area contributed by atoms with Gasteiger partial charge in [0.1, 0.15) is 0 Å². The van der Waals surface area contributed by atoms with E-state index in [4.69, 9.17) is 4.98 Å². The number of nitrogens with zero attached hydrogens (tertiary/aromatic N) is 4. The van der Waals surface area contributed by atoms with Crippen LogP contribution in [-0.2, 0) is 6.42 Å². The zero-order valence-electron chi connectivity index (χ0n) is 22.4.